The normalized spacial score (nSPS) is 14.9. The van der Waals surface area contributed by atoms with Gasteiger partial charge in [0.05, 0.1) is 12.2 Å². The number of carbonyl (C=O) groups excluding carboxylic acids is 1. The zero-order chi connectivity index (χ0) is 24.9. The number of halogens is 1. The lowest BCUT2D eigenvalue weighted by atomic mass is 9.94. The number of benzene rings is 2. The van der Waals surface area contributed by atoms with Crippen molar-refractivity contribution in [1.29, 1.82) is 0 Å². The van der Waals surface area contributed by atoms with Gasteiger partial charge in [-0.05, 0) is 56.5 Å². The van der Waals surface area contributed by atoms with E-state index in [1.807, 2.05) is 56.3 Å². The minimum atomic E-state index is -0.511. The molecule has 2 aromatic carbocycles. The van der Waals surface area contributed by atoms with Crippen LogP contribution in [0.3, 0.4) is 0 Å². The number of nitrogens with one attached hydrogen (secondary N) is 2. The number of thioether (sulfide) groups is 1. The van der Waals surface area contributed by atoms with Crippen molar-refractivity contribution in [3.8, 4) is 5.75 Å². The average Bonchev–Trinajstić information content (AvgIpc) is 3.24. The second kappa shape index (κ2) is 11.3. The maximum absolute atomic E-state index is 13.8. The monoisotopic (exact) mass is 555 g/mol. The van der Waals surface area contributed by atoms with Crippen LogP contribution in [0.25, 0.3) is 0 Å². The summed E-state index contributed by atoms with van der Waals surface area (Å²) in [6.45, 7) is 8.66. The second-order valence-corrected chi connectivity index (χ2v) is 10.4. The van der Waals surface area contributed by atoms with Crippen LogP contribution in [0.5, 0.6) is 5.75 Å². The van der Waals surface area contributed by atoms with Gasteiger partial charge in [0.15, 0.2) is 0 Å². The lowest BCUT2D eigenvalue weighted by Crippen LogP contribution is -2.32. The summed E-state index contributed by atoms with van der Waals surface area (Å²) in [5.74, 6) is 2.06. The molecule has 184 valence electrons. The largest absolute Gasteiger partial charge is 0.493 e. The average molecular weight is 557 g/mol. The minimum absolute atomic E-state index is 0.195. The SMILES string of the molecule is CCCOc1ccc(Br)cc1C1C(C(=O)Nc2ccccc2C)=C(C)Nc2nc(SCCC)nn21. The molecule has 0 aliphatic carbocycles. The Morgan fingerprint density at radius 3 is 2.74 bits per heavy atom. The van der Waals surface area contributed by atoms with Gasteiger partial charge < -0.3 is 15.4 Å². The van der Waals surface area contributed by atoms with Crippen LogP contribution in [0.4, 0.5) is 11.6 Å². The molecule has 1 atom stereocenters. The third kappa shape index (κ3) is 5.56. The number of aromatic nitrogens is 3. The van der Waals surface area contributed by atoms with E-state index in [9.17, 15) is 4.79 Å². The van der Waals surface area contributed by atoms with Gasteiger partial charge in [-0.25, -0.2) is 4.68 Å². The fourth-order valence-corrected chi connectivity index (χ4v) is 5.01. The third-order valence-electron chi connectivity index (χ3n) is 5.63. The minimum Gasteiger partial charge on any atom is -0.493 e. The van der Waals surface area contributed by atoms with Gasteiger partial charge in [-0.15, -0.1) is 5.10 Å². The highest BCUT2D eigenvalue weighted by Gasteiger charge is 2.36. The van der Waals surface area contributed by atoms with Crippen molar-refractivity contribution in [2.75, 3.05) is 23.0 Å². The van der Waals surface area contributed by atoms with Gasteiger partial charge in [-0.3, -0.25) is 4.79 Å². The summed E-state index contributed by atoms with van der Waals surface area (Å²) in [7, 11) is 0. The van der Waals surface area contributed by atoms with E-state index in [2.05, 4.69) is 40.4 Å². The highest BCUT2D eigenvalue weighted by molar-refractivity contribution is 9.10. The lowest BCUT2D eigenvalue weighted by molar-refractivity contribution is -0.113. The van der Waals surface area contributed by atoms with Crippen molar-refractivity contribution >= 4 is 45.2 Å². The van der Waals surface area contributed by atoms with Gasteiger partial charge in [0.25, 0.3) is 5.91 Å². The second-order valence-electron chi connectivity index (χ2n) is 8.38. The summed E-state index contributed by atoms with van der Waals surface area (Å²) in [6, 6.07) is 13.1. The molecular formula is C26H30BrN5O2S. The predicted octanol–water partition coefficient (Wildman–Crippen LogP) is 6.57. The van der Waals surface area contributed by atoms with E-state index in [-0.39, 0.29) is 5.91 Å². The van der Waals surface area contributed by atoms with Crippen molar-refractivity contribution in [1.82, 2.24) is 14.8 Å². The smallest absolute Gasteiger partial charge is 0.255 e. The molecule has 2 N–H and O–H groups in total. The number of amides is 1. The first-order chi connectivity index (χ1) is 16.9. The number of nitrogens with zero attached hydrogens (tertiary/aromatic N) is 3. The van der Waals surface area contributed by atoms with Crippen molar-refractivity contribution in [3.05, 3.63) is 69.3 Å². The van der Waals surface area contributed by atoms with Crippen LogP contribution in [0.15, 0.2) is 63.4 Å². The summed E-state index contributed by atoms with van der Waals surface area (Å²) in [6.07, 6.45) is 1.90. The number of ether oxygens (including phenoxy) is 1. The quantitative estimate of drug-likeness (QED) is 0.290. The Bertz CT molecular complexity index is 1260. The molecule has 0 bridgehead atoms. The number of para-hydroxylation sites is 1. The fourth-order valence-electron chi connectivity index (χ4n) is 3.95. The van der Waals surface area contributed by atoms with Crippen molar-refractivity contribution in [2.24, 2.45) is 0 Å². The molecule has 35 heavy (non-hydrogen) atoms. The number of anilines is 2. The molecule has 9 heteroatoms. The van der Waals surface area contributed by atoms with Crippen molar-refractivity contribution in [3.63, 3.8) is 0 Å². The Morgan fingerprint density at radius 2 is 2.00 bits per heavy atom. The Balaban J connectivity index is 1.83. The van der Waals surface area contributed by atoms with E-state index in [0.29, 0.717) is 23.3 Å². The number of aryl methyl sites for hydroxylation is 1. The van der Waals surface area contributed by atoms with Gasteiger partial charge in [-0.2, -0.15) is 4.98 Å². The van der Waals surface area contributed by atoms with E-state index in [4.69, 9.17) is 14.8 Å². The molecule has 0 saturated carbocycles. The zero-order valence-corrected chi connectivity index (χ0v) is 22.8. The molecule has 0 fully saturated rings. The summed E-state index contributed by atoms with van der Waals surface area (Å²) in [5.41, 5.74) is 3.92. The van der Waals surface area contributed by atoms with Gasteiger partial charge in [0.1, 0.15) is 11.8 Å². The molecule has 0 spiro atoms. The van der Waals surface area contributed by atoms with E-state index >= 15 is 0 Å². The van der Waals surface area contributed by atoms with Crippen LogP contribution >= 0.6 is 27.7 Å². The molecule has 1 aliphatic rings. The molecule has 7 nitrogen and oxygen atoms in total. The molecule has 4 rings (SSSR count). The molecule has 0 saturated heterocycles. The molecule has 1 aromatic heterocycles. The number of hydrogen-bond donors (Lipinski definition) is 2. The van der Waals surface area contributed by atoms with Crippen LogP contribution in [0.1, 0.15) is 50.8 Å². The zero-order valence-electron chi connectivity index (χ0n) is 20.4. The standard InChI is InChI=1S/C26H30BrN5O2S/c1-5-13-34-21-12-11-18(27)15-19(21)23-22(24(33)29-20-10-8-7-9-16(20)3)17(4)28-25-30-26(31-32(23)25)35-14-6-2/h7-12,15,23H,5-6,13-14H2,1-4H3,(H,29,33)(H,28,30,31). The molecule has 3 aromatic rings. The van der Waals surface area contributed by atoms with Crippen LogP contribution in [-0.2, 0) is 4.79 Å². The number of allylic oxidation sites excluding steroid dienone is 1. The van der Waals surface area contributed by atoms with E-state index in [0.717, 1.165) is 51.3 Å². The Hall–Kier alpha value is -2.78. The van der Waals surface area contributed by atoms with Gasteiger partial charge in [0, 0.05) is 27.2 Å². The van der Waals surface area contributed by atoms with Crippen LogP contribution in [0.2, 0.25) is 0 Å². The van der Waals surface area contributed by atoms with Crippen LogP contribution in [0, 0.1) is 6.92 Å². The summed E-state index contributed by atoms with van der Waals surface area (Å²) < 4.78 is 8.82. The number of fused-ring (bicyclic) bond motifs is 1. The molecule has 1 unspecified atom stereocenters. The number of hydrogen-bond acceptors (Lipinski definition) is 6. The molecule has 2 heterocycles. The fraction of sp³-hybridized carbons (Fsp3) is 0.346. The van der Waals surface area contributed by atoms with E-state index < -0.39 is 6.04 Å². The maximum Gasteiger partial charge on any atom is 0.255 e. The predicted molar refractivity (Wildman–Crippen MR) is 145 cm³/mol. The van der Waals surface area contributed by atoms with Crippen LogP contribution in [-0.4, -0.2) is 33.0 Å². The van der Waals surface area contributed by atoms with Crippen molar-refractivity contribution in [2.45, 2.75) is 51.7 Å². The first kappa shape index (κ1) is 25.3. The van der Waals surface area contributed by atoms with E-state index in [1.165, 1.54) is 0 Å². The van der Waals surface area contributed by atoms with E-state index in [1.54, 1.807) is 16.4 Å². The van der Waals surface area contributed by atoms with Gasteiger partial charge >= 0.3 is 0 Å². The topological polar surface area (TPSA) is 81.1 Å². The highest BCUT2D eigenvalue weighted by Crippen LogP contribution is 2.41. The maximum atomic E-state index is 13.8. The highest BCUT2D eigenvalue weighted by atomic mass is 79.9. The Morgan fingerprint density at radius 1 is 1.20 bits per heavy atom. The lowest BCUT2D eigenvalue weighted by Gasteiger charge is -2.30. The van der Waals surface area contributed by atoms with Gasteiger partial charge in [-0.1, -0.05) is 59.7 Å². The molecule has 1 amide bonds. The first-order valence-corrected chi connectivity index (χ1v) is 13.6. The summed E-state index contributed by atoms with van der Waals surface area (Å²) >= 11 is 5.21. The Labute approximate surface area is 218 Å². The summed E-state index contributed by atoms with van der Waals surface area (Å²) in [4.78, 5) is 18.5. The molecule has 1 aliphatic heterocycles. The Kier molecular flexibility index (Phi) is 8.18. The van der Waals surface area contributed by atoms with Crippen LogP contribution < -0.4 is 15.4 Å². The number of carbonyl (C=O) groups is 1. The number of rotatable bonds is 9. The molecule has 0 radical (unpaired) electrons. The first-order valence-electron chi connectivity index (χ1n) is 11.8. The van der Waals surface area contributed by atoms with Crippen molar-refractivity contribution < 1.29 is 9.53 Å². The third-order valence-corrected chi connectivity index (χ3v) is 7.17. The van der Waals surface area contributed by atoms with Gasteiger partial charge in [0.2, 0.25) is 11.1 Å². The summed E-state index contributed by atoms with van der Waals surface area (Å²) in [5, 5.41) is 11.9. The molecular weight excluding hydrogens is 526 g/mol.